The molecule has 1 saturated carbocycles. The van der Waals surface area contributed by atoms with E-state index >= 15 is 0 Å². The van der Waals surface area contributed by atoms with E-state index in [0.29, 0.717) is 16.5 Å². The van der Waals surface area contributed by atoms with Crippen molar-refractivity contribution in [2.24, 2.45) is 0 Å². The van der Waals surface area contributed by atoms with Crippen molar-refractivity contribution >= 4 is 33.7 Å². The van der Waals surface area contributed by atoms with Gasteiger partial charge in [0.2, 0.25) is 10.0 Å². The number of benzene rings is 2. The molecule has 10 nitrogen and oxygen atoms in total. The second-order valence-corrected chi connectivity index (χ2v) is 9.25. The van der Waals surface area contributed by atoms with Crippen LogP contribution in [0.25, 0.3) is 0 Å². The van der Waals surface area contributed by atoms with Crippen LogP contribution in [0.5, 0.6) is 11.5 Å². The predicted molar refractivity (Wildman–Crippen MR) is 105 cm³/mol. The van der Waals surface area contributed by atoms with E-state index in [1.165, 1.54) is 29.7 Å². The summed E-state index contributed by atoms with van der Waals surface area (Å²) in [5, 5.41) is 9.68. The standard InChI is InChI=1S/C19H17ClN2O8S/c20-11-1-3-12(4-2-11)28-13-5-7-14(8-6-13)31(26,27)22-19(17(23)21-25)9-15-16(10-19)30-18(24)29-15/h1-8,15-16,22,25H,9-10H2,(H,21,23). The number of ether oxygens (including phenoxy) is 3. The number of nitrogens with one attached hydrogen (secondary N) is 2. The molecule has 1 amide bonds. The lowest BCUT2D eigenvalue weighted by atomic mass is 9.98. The summed E-state index contributed by atoms with van der Waals surface area (Å²) in [6, 6.07) is 12.2. The Balaban J connectivity index is 1.52. The van der Waals surface area contributed by atoms with Crippen molar-refractivity contribution in [1.29, 1.82) is 0 Å². The molecule has 0 bridgehead atoms. The number of hydrogen-bond acceptors (Lipinski definition) is 8. The summed E-state index contributed by atoms with van der Waals surface area (Å²) >= 11 is 5.83. The van der Waals surface area contributed by atoms with E-state index in [1.54, 1.807) is 24.3 Å². The molecule has 2 aromatic rings. The zero-order valence-electron chi connectivity index (χ0n) is 15.8. The summed E-state index contributed by atoms with van der Waals surface area (Å²) in [6.45, 7) is 0. The molecule has 3 N–H and O–H groups in total. The first kappa shape index (κ1) is 21.4. The molecule has 2 aliphatic rings. The first-order valence-electron chi connectivity index (χ1n) is 9.10. The molecule has 12 heteroatoms. The molecule has 0 radical (unpaired) electrons. The average Bonchev–Trinajstić information content (AvgIpc) is 3.23. The largest absolute Gasteiger partial charge is 0.509 e. The number of amides is 1. The fourth-order valence-electron chi connectivity index (χ4n) is 3.61. The van der Waals surface area contributed by atoms with Crippen LogP contribution in [0.3, 0.4) is 0 Å². The molecule has 2 fully saturated rings. The Labute approximate surface area is 182 Å². The third kappa shape index (κ3) is 4.30. The highest BCUT2D eigenvalue weighted by atomic mass is 35.5. The van der Waals surface area contributed by atoms with Gasteiger partial charge in [0.25, 0.3) is 5.91 Å². The van der Waals surface area contributed by atoms with Crippen molar-refractivity contribution in [3.8, 4) is 11.5 Å². The minimum atomic E-state index is -4.19. The van der Waals surface area contributed by atoms with Gasteiger partial charge in [0.05, 0.1) is 4.90 Å². The lowest BCUT2D eigenvalue weighted by Crippen LogP contribution is -2.57. The average molecular weight is 469 g/mol. The summed E-state index contributed by atoms with van der Waals surface area (Å²) < 4.78 is 43.7. The van der Waals surface area contributed by atoms with Gasteiger partial charge in [-0.25, -0.2) is 18.7 Å². The molecule has 2 atom stereocenters. The SMILES string of the molecule is O=C1OC2CC(NS(=O)(=O)c3ccc(Oc4ccc(Cl)cc4)cc3)(C(=O)NO)CC2O1. The van der Waals surface area contributed by atoms with Crippen molar-refractivity contribution < 1.29 is 37.4 Å². The van der Waals surface area contributed by atoms with Crippen LogP contribution >= 0.6 is 11.6 Å². The summed E-state index contributed by atoms with van der Waals surface area (Å²) in [7, 11) is -4.19. The molecule has 1 aliphatic carbocycles. The lowest BCUT2D eigenvalue weighted by molar-refractivity contribution is -0.136. The molecule has 1 saturated heterocycles. The Kier molecular flexibility index (Phi) is 5.52. The minimum Gasteiger partial charge on any atom is -0.457 e. The van der Waals surface area contributed by atoms with Crippen molar-refractivity contribution in [3.05, 3.63) is 53.6 Å². The minimum absolute atomic E-state index is 0.129. The first-order valence-corrected chi connectivity index (χ1v) is 11.0. The monoisotopic (exact) mass is 468 g/mol. The van der Waals surface area contributed by atoms with Crippen LogP contribution in [0.2, 0.25) is 5.02 Å². The maximum atomic E-state index is 12.9. The number of sulfonamides is 1. The van der Waals surface area contributed by atoms with Crippen molar-refractivity contribution in [2.75, 3.05) is 0 Å². The zero-order valence-corrected chi connectivity index (χ0v) is 17.4. The van der Waals surface area contributed by atoms with Gasteiger partial charge in [0.1, 0.15) is 29.2 Å². The first-order chi connectivity index (χ1) is 14.7. The number of hydroxylamine groups is 1. The Morgan fingerprint density at radius 1 is 1.03 bits per heavy atom. The number of carbonyl (C=O) groups excluding carboxylic acids is 2. The van der Waals surface area contributed by atoms with Crippen molar-refractivity contribution in [2.45, 2.75) is 35.5 Å². The number of fused-ring (bicyclic) bond motifs is 1. The number of halogens is 1. The quantitative estimate of drug-likeness (QED) is 0.333. The molecule has 1 heterocycles. The molecule has 0 aromatic heterocycles. The van der Waals surface area contributed by atoms with Crippen molar-refractivity contribution in [1.82, 2.24) is 10.2 Å². The normalized spacial score (nSPS) is 24.8. The second-order valence-electron chi connectivity index (χ2n) is 7.13. The third-order valence-electron chi connectivity index (χ3n) is 5.06. The van der Waals surface area contributed by atoms with E-state index in [0.717, 1.165) is 0 Å². The van der Waals surface area contributed by atoms with Gasteiger partial charge >= 0.3 is 6.16 Å². The summed E-state index contributed by atoms with van der Waals surface area (Å²) in [6.07, 6.45) is -2.86. The molecule has 0 spiro atoms. The van der Waals surface area contributed by atoms with Crippen LogP contribution in [0.4, 0.5) is 4.79 Å². The number of carbonyl (C=O) groups is 2. The van der Waals surface area contributed by atoms with Gasteiger partial charge in [0, 0.05) is 17.9 Å². The molecule has 4 rings (SSSR count). The zero-order chi connectivity index (χ0) is 22.2. The van der Waals surface area contributed by atoms with Gasteiger partial charge < -0.3 is 14.2 Å². The summed E-state index contributed by atoms with van der Waals surface area (Å²) in [5.74, 6) is -0.0728. The summed E-state index contributed by atoms with van der Waals surface area (Å²) in [4.78, 5) is 23.4. The highest BCUT2D eigenvalue weighted by Gasteiger charge is 2.58. The summed E-state index contributed by atoms with van der Waals surface area (Å²) in [5.41, 5.74) is -0.277. The van der Waals surface area contributed by atoms with Gasteiger partial charge in [-0.2, -0.15) is 4.72 Å². The van der Waals surface area contributed by atoms with Gasteiger partial charge in [0.15, 0.2) is 0 Å². The Hall–Kier alpha value is -2.86. The van der Waals surface area contributed by atoms with Crippen LogP contribution in [0.1, 0.15) is 12.8 Å². The smallest absolute Gasteiger partial charge is 0.457 e. The molecular formula is C19H17ClN2O8S. The van der Waals surface area contributed by atoms with Crippen LogP contribution in [0, 0.1) is 0 Å². The van der Waals surface area contributed by atoms with E-state index in [1.807, 2.05) is 0 Å². The van der Waals surface area contributed by atoms with E-state index in [2.05, 4.69) is 4.72 Å². The number of hydrogen-bond donors (Lipinski definition) is 3. The van der Waals surface area contributed by atoms with Gasteiger partial charge in [-0.1, -0.05) is 11.6 Å². The Bertz CT molecular complexity index is 1090. The van der Waals surface area contributed by atoms with E-state index < -0.39 is 39.8 Å². The fraction of sp³-hybridized carbons (Fsp3) is 0.263. The number of rotatable bonds is 6. The van der Waals surface area contributed by atoms with E-state index in [9.17, 15) is 18.0 Å². The van der Waals surface area contributed by atoms with Gasteiger partial charge in [-0.05, 0) is 48.5 Å². The van der Waals surface area contributed by atoms with Gasteiger partial charge in [-0.15, -0.1) is 0 Å². The molecule has 2 unspecified atom stereocenters. The Morgan fingerprint density at radius 3 is 2.06 bits per heavy atom. The maximum Gasteiger partial charge on any atom is 0.509 e. The van der Waals surface area contributed by atoms with Crippen LogP contribution in [0.15, 0.2) is 53.4 Å². The molecule has 31 heavy (non-hydrogen) atoms. The third-order valence-corrected chi connectivity index (χ3v) is 6.86. The molecular weight excluding hydrogens is 452 g/mol. The maximum absolute atomic E-state index is 12.9. The second kappa shape index (κ2) is 8.00. The highest BCUT2D eigenvalue weighted by Crippen LogP contribution is 2.39. The predicted octanol–water partition coefficient (Wildman–Crippen LogP) is 2.35. The molecule has 164 valence electrons. The lowest BCUT2D eigenvalue weighted by Gasteiger charge is -2.27. The van der Waals surface area contributed by atoms with E-state index in [4.69, 9.17) is 31.0 Å². The van der Waals surface area contributed by atoms with Crippen LogP contribution < -0.4 is 14.9 Å². The molecule has 1 aliphatic heterocycles. The van der Waals surface area contributed by atoms with E-state index in [-0.39, 0.29) is 17.7 Å². The Morgan fingerprint density at radius 2 is 1.55 bits per heavy atom. The highest BCUT2D eigenvalue weighted by molar-refractivity contribution is 7.89. The fourth-order valence-corrected chi connectivity index (χ4v) is 5.12. The van der Waals surface area contributed by atoms with Crippen LogP contribution in [-0.2, 0) is 24.3 Å². The molecule has 2 aromatic carbocycles. The van der Waals surface area contributed by atoms with Crippen LogP contribution in [-0.4, -0.2) is 43.4 Å². The van der Waals surface area contributed by atoms with Crippen molar-refractivity contribution in [3.63, 3.8) is 0 Å². The topological polar surface area (TPSA) is 140 Å². The van der Waals surface area contributed by atoms with Gasteiger partial charge in [-0.3, -0.25) is 10.0 Å².